The van der Waals surface area contributed by atoms with Crippen molar-refractivity contribution in [2.24, 2.45) is 11.7 Å². The molecule has 2 aliphatic rings. The molecule has 26 heavy (non-hydrogen) atoms. The zero-order chi connectivity index (χ0) is 18.5. The number of carbonyl (C=O) groups excluding carboxylic acids is 3. The summed E-state index contributed by atoms with van der Waals surface area (Å²) < 4.78 is 0. The Hall–Kier alpha value is -2.41. The van der Waals surface area contributed by atoms with Crippen molar-refractivity contribution >= 4 is 23.4 Å². The maximum absolute atomic E-state index is 12.5. The highest BCUT2D eigenvalue weighted by Crippen LogP contribution is 2.32. The van der Waals surface area contributed by atoms with Gasteiger partial charge >= 0.3 is 0 Å². The fraction of sp³-hybridized carbons (Fsp3) is 0.526. The summed E-state index contributed by atoms with van der Waals surface area (Å²) in [6.45, 7) is 0.175. The standard InChI is InChI=1S/C19H26N4O3/c20-17(24)7-8-21-19(26)15-3-1-2-4-16(15)23-18(25)11-12-9-13-5-6-14(10-12)22-13/h1-4,12-14,22H,5-11H2,(H2,20,24)(H,21,26)(H,23,25). The van der Waals surface area contributed by atoms with Crippen molar-refractivity contribution in [2.75, 3.05) is 11.9 Å². The maximum Gasteiger partial charge on any atom is 0.253 e. The van der Waals surface area contributed by atoms with Gasteiger partial charge in [-0.2, -0.15) is 0 Å². The number of nitrogens with two attached hydrogens (primary N) is 1. The van der Waals surface area contributed by atoms with E-state index in [-0.39, 0.29) is 24.8 Å². The van der Waals surface area contributed by atoms with E-state index in [1.807, 2.05) is 0 Å². The van der Waals surface area contributed by atoms with Gasteiger partial charge in [-0.05, 0) is 43.7 Å². The van der Waals surface area contributed by atoms with E-state index in [0.717, 1.165) is 12.8 Å². The average Bonchev–Trinajstić information content (AvgIpc) is 2.93. The molecule has 1 aromatic rings. The van der Waals surface area contributed by atoms with Gasteiger partial charge in [-0.1, -0.05) is 12.1 Å². The molecule has 3 rings (SSSR count). The van der Waals surface area contributed by atoms with Gasteiger partial charge < -0.3 is 21.7 Å². The third-order valence-corrected chi connectivity index (χ3v) is 5.15. The topological polar surface area (TPSA) is 113 Å². The molecule has 2 bridgehead atoms. The number of hydrogen-bond donors (Lipinski definition) is 4. The Kier molecular flexibility index (Phi) is 5.88. The van der Waals surface area contributed by atoms with Crippen LogP contribution in [0, 0.1) is 5.92 Å². The van der Waals surface area contributed by atoms with E-state index in [0.29, 0.717) is 35.7 Å². The third-order valence-electron chi connectivity index (χ3n) is 5.15. The van der Waals surface area contributed by atoms with Gasteiger partial charge in [-0.25, -0.2) is 0 Å². The van der Waals surface area contributed by atoms with E-state index in [9.17, 15) is 14.4 Å². The quantitative estimate of drug-likeness (QED) is 0.585. The van der Waals surface area contributed by atoms with Crippen LogP contribution in [-0.4, -0.2) is 36.3 Å². The first-order valence-corrected chi connectivity index (χ1v) is 9.22. The van der Waals surface area contributed by atoms with Gasteiger partial charge in [0.25, 0.3) is 5.91 Å². The Morgan fingerprint density at radius 2 is 1.81 bits per heavy atom. The zero-order valence-corrected chi connectivity index (χ0v) is 14.8. The van der Waals surface area contributed by atoms with E-state index in [1.54, 1.807) is 24.3 Å². The number of anilines is 1. The molecule has 0 spiro atoms. The van der Waals surface area contributed by atoms with Crippen LogP contribution >= 0.6 is 0 Å². The minimum atomic E-state index is -0.470. The van der Waals surface area contributed by atoms with Crippen molar-refractivity contribution in [3.05, 3.63) is 29.8 Å². The van der Waals surface area contributed by atoms with Crippen LogP contribution in [0.5, 0.6) is 0 Å². The Morgan fingerprint density at radius 3 is 2.50 bits per heavy atom. The minimum Gasteiger partial charge on any atom is -0.370 e. The molecule has 0 saturated carbocycles. The van der Waals surface area contributed by atoms with Gasteiger partial charge in [-0.3, -0.25) is 14.4 Å². The number of carbonyl (C=O) groups is 3. The van der Waals surface area contributed by atoms with Crippen molar-refractivity contribution in [1.82, 2.24) is 10.6 Å². The van der Waals surface area contributed by atoms with Crippen molar-refractivity contribution < 1.29 is 14.4 Å². The lowest BCUT2D eigenvalue weighted by Gasteiger charge is -2.28. The van der Waals surface area contributed by atoms with Gasteiger partial charge in [-0.15, -0.1) is 0 Å². The summed E-state index contributed by atoms with van der Waals surface area (Å²) in [7, 11) is 0. The SMILES string of the molecule is NC(=O)CCNC(=O)c1ccccc1NC(=O)CC1CC2CCC(C1)N2. The van der Waals surface area contributed by atoms with Crippen molar-refractivity contribution in [2.45, 2.75) is 50.6 Å². The zero-order valence-electron chi connectivity index (χ0n) is 14.8. The Bertz CT molecular complexity index is 679. The molecule has 0 aliphatic carbocycles. The molecule has 3 amide bonds. The smallest absolute Gasteiger partial charge is 0.253 e. The largest absolute Gasteiger partial charge is 0.370 e. The van der Waals surface area contributed by atoms with Crippen molar-refractivity contribution in [3.8, 4) is 0 Å². The van der Waals surface area contributed by atoms with Gasteiger partial charge in [0.1, 0.15) is 0 Å². The predicted molar refractivity (Wildman–Crippen MR) is 98.5 cm³/mol. The first kappa shape index (κ1) is 18.4. The van der Waals surface area contributed by atoms with E-state index in [2.05, 4.69) is 16.0 Å². The number of hydrogen-bond acceptors (Lipinski definition) is 4. The van der Waals surface area contributed by atoms with Crippen LogP contribution in [0.2, 0.25) is 0 Å². The highest BCUT2D eigenvalue weighted by molar-refractivity contribution is 6.03. The molecule has 0 aromatic heterocycles. The van der Waals surface area contributed by atoms with Crippen LogP contribution in [0.4, 0.5) is 5.69 Å². The molecule has 2 unspecified atom stereocenters. The molecule has 2 saturated heterocycles. The van der Waals surface area contributed by atoms with Crippen LogP contribution in [0.25, 0.3) is 0 Å². The molecule has 1 aromatic carbocycles. The molecule has 2 heterocycles. The van der Waals surface area contributed by atoms with Gasteiger partial charge in [0, 0.05) is 31.5 Å². The predicted octanol–water partition coefficient (Wildman–Crippen LogP) is 1.15. The number of primary amides is 1. The number of rotatable bonds is 7. The summed E-state index contributed by atoms with van der Waals surface area (Å²) in [4.78, 5) is 35.5. The molecule has 2 aliphatic heterocycles. The fourth-order valence-corrected chi connectivity index (χ4v) is 3.99. The second kappa shape index (κ2) is 8.31. The van der Waals surface area contributed by atoms with Crippen LogP contribution in [0.15, 0.2) is 24.3 Å². The van der Waals surface area contributed by atoms with Gasteiger partial charge in [0.15, 0.2) is 0 Å². The van der Waals surface area contributed by atoms with Gasteiger partial charge in [0.05, 0.1) is 11.3 Å². The van der Waals surface area contributed by atoms with Crippen LogP contribution in [0.3, 0.4) is 0 Å². The molecular weight excluding hydrogens is 332 g/mol. The first-order chi connectivity index (χ1) is 12.5. The molecule has 140 valence electrons. The molecule has 7 nitrogen and oxygen atoms in total. The molecular formula is C19H26N4O3. The maximum atomic E-state index is 12.5. The molecule has 0 radical (unpaired) electrons. The summed E-state index contributed by atoms with van der Waals surface area (Å²) in [6.07, 6.45) is 5.05. The van der Waals surface area contributed by atoms with Crippen LogP contribution in [-0.2, 0) is 9.59 Å². The molecule has 2 fully saturated rings. The first-order valence-electron chi connectivity index (χ1n) is 9.22. The lowest BCUT2D eigenvalue weighted by molar-refractivity contribution is -0.118. The molecule has 7 heteroatoms. The normalized spacial score (nSPS) is 24.1. The number of fused-ring (bicyclic) bond motifs is 2. The second-order valence-electron chi connectivity index (χ2n) is 7.25. The number of piperidine rings is 1. The Balaban J connectivity index is 1.56. The number of amides is 3. The highest BCUT2D eigenvalue weighted by Gasteiger charge is 2.34. The lowest BCUT2D eigenvalue weighted by atomic mass is 9.89. The lowest BCUT2D eigenvalue weighted by Crippen LogP contribution is -2.39. The Morgan fingerprint density at radius 1 is 1.12 bits per heavy atom. The van der Waals surface area contributed by atoms with Crippen molar-refractivity contribution in [1.29, 1.82) is 0 Å². The van der Waals surface area contributed by atoms with E-state index < -0.39 is 5.91 Å². The monoisotopic (exact) mass is 358 g/mol. The van der Waals surface area contributed by atoms with Crippen molar-refractivity contribution in [3.63, 3.8) is 0 Å². The molecule has 5 N–H and O–H groups in total. The summed E-state index contributed by atoms with van der Waals surface area (Å²) >= 11 is 0. The number of nitrogens with one attached hydrogen (secondary N) is 3. The number of para-hydroxylation sites is 1. The Labute approximate surface area is 153 Å². The fourth-order valence-electron chi connectivity index (χ4n) is 3.99. The summed E-state index contributed by atoms with van der Waals surface area (Å²) in [5.74, 6) is -0.469. The van der Waals surface area contributed by atoms with Crippen LogP contribution < -0.4 is 21.7 Å². The third kappa shape index (κ3) is 4.82. The van der Waals surface area contributed by atoms with E-state index in [1.165, 1.54) is 12.8 Å². The van der Waals surface area contributed by atoms with E-state index >= 15 is 0 Å². The number of benzene rings is 1. The summed E-state index contributed by atoms with van der Waals surface area (Å²) in [5.41, 5.74) is 5.95. The minimum absolute atomic E-state index is 0.0614. The average molecular weight is 358 g/mol. The summed E-state index contributed by atoms with van der Waals surface area (Å²) in [5, 5.41) is 9.10. The summed E-state index contributed by atoms with van der Waals surface area (Å²) in [6, 6.07) is 7.99. The second-order valence-corrected chi connectivity index (χ2v) is 7.25. The van der Waals surface area contributed by atoms with Gasteiger partial charge in [0.2, 0.25) is 11.8 Å². The molecule has 2 atom stereocenters. The van der Waals surface area contributed by atoms with Crippen LogP contribution in [0.1, 0.15) is 48.9 Å². The highest BCUT2D eigenvalue weighted by atomic mass is 16.2. The van der Waals surface area contributed by atoms with E-state index in [4.69, 9.17) is 5.73 Å².